The molecular formula is C12H21N3O2. The van der Waals surface area contributed by atoms with E-state index in [4.69, 9.17) is 4.52 Å². The number of hydrogen-bond acceptors (Lipinski definition) is 5. The lowest BCUT2D eigenvalue weighted by molar-refractivity contribution is 0.131. The van der Waals surface area contributed by atoms with Gasteiger partial charge in [0, 0.05) is 12.0 Å². The second-order valence-electron chi connectivity index (χ2n) is 5.19. The van der Waals surface area contributed by atoms with Crippen molar-refractivity contribution in [2.75, 3.05) is 13.2 Å². The van der Waals surface area contributed by atoms with Gasteiger partial charge in [-0.15, -0.1) is 0 Å². The summed E-state index contributed by atoms with van der Waals surface area (Å²) in [5.74, 6) is 2.22. The summed E-state index contributed by atoms with van der Waals surface area (Å²) in [5.41, 5.74) is 0. The quantitative estimate of drug-likeness (QED) is 0.860. The topological polar surface area (TPSA) is 62.4 Å². The first-order valence-corrected chi connectivity index (χ1v) is 6.29. The van der Waals surface area contributed by atoms with Crippen LogP contribution in [0.1, 0.15) is 44.8 Å². The molecule has 0 bridgehead atoms. The van der Waals surface area contributed by atoms with E-state index in [-0.39, 0.29) is 18.6 Å². The first-order valence-electron chi connectivity index (χ1n) is 6.29. The van der Waals surface area contributed by atoms with Crippen molar-refractivity contribution in [3.8, 4) is 0 Å². The SMILES string of the molecule is CC(C)c1nc(CN2CCC(C)C2CO)no1. The fraction of sp³-hybridized carbons (Fsp3) is 0.833. The van der Waals surface area contributed by atoms with Crippen LogP contribution in [0.15, 0.2) is 4.52 Å². The van der Waals surface area contributed by atoms with Crippen LogP contribution < -0.4 is 0 Å². The van der Waals surface area contributed by atoms with Crippen LogP contribution in [0.25, 0.3) is 0 Å². The van der Waals surface area contributed by atoms with Gasteiger partial charge in [0.05, 0.1) is 13.2 Å². The van der Waals surface area contributed by atoms with Crippen molar-refractivity contribution in [2.24, 2.45) is 5.92 Å². The van der Waals surface area contributed by atoms with E-state index in [9.17, 15) is 5.11 Å². The summed E-state index contributed by atoms with van der Waals surface area (Å²) >= 11 is 0. The smallest absolute Gasteiger partial charge is 0.229 e. The predicted molar refractivity (Wildman–Crippen MR) is 63.5 cm³/mol. The third kappa shape index (κ3) is 2.66. The van der Waals surface area contributed by atoms with Crippen molar-refractivity contribution in [2.45, 2.75) is 45.7 Å². The molecule has 1 N–H and O–H groups in total. The van der Waals surface area contributed by atoms with Crippen LogP contribution in [-0.2, 0) is 6.54 Å². The molecule has 2 unspecified atom stereocenters. The molecule has 1 aromatic rings. The van der Waals surface area contributed by atoms with E-state index < -0.39 is 0 Å². The van der Waals surface area contributed by atoms with Crippen molar-refractivity contribution in [1.29, 1.82) is 0 Å². The van der Waals surface area contributed by atoms with Gasteiger partial charge >= 0.3 is 0 Å². The third-order valence-electron chi connectivity index (χ3n) is 3.51. The molecule has 0 aliphatic carbocycles. The highest BCUT2D eigenvalue weighted by atomic mass is 16.5. The van der Waals surface area contributed by atoms with Gasteiger partial charge in [0.25, 0.3) is 0 Å². The highest BCUT2D eigenvalue weighted by Gasteiger charge is 2.31. The Balaban J connectivity index is 2.00. The first kappa shape index (κ1) is 12.5. The monoisotopic (exact) mass is 239 g/mol. The van der Waals surface area contributed by atoms with Crippen LogP contribution >= 0.6 is 0 Å². The van der Waals surface area contributed by atoms with Gasteiger partial charge < -0.3 is 9.63 Å². The van der Waals surface area contributed by atoms with Gasteiger partial charge in [-0.25, -0.2) is 0 Å². The van der Waals surface area contributed by atoms with Crippen molar-refractivity contribution in [1.82, 2.24) is 15.0 Å². The van der Waals surface area contributed by atoms with E-state index in [1.807, 2.05) is 13.8 Å². The molecule has 17 heavy (non-hydrogen) atoms. The Bertz CT molecular complexity index is 364. The molecule has 0 spiro atoms. The number of aromatic nitrogens is 2. The molecule has 96 valence electrons. The van der Waals surface area contributed by atoms with E-state index in [0.29, 0.717) is 18.4 Å². The molecule has 1 aliphatic rings. The van der Waals surface area contributed by atoms with Crippen LogP contribution in [0, 0.1) is 5.92 Å². The molecular weight excluding hydrogens is 218 g/mol. The van der Waals surface area contributed by atoms with Gasteiger partial charge in [0.15, 0.2) is 5.82 Å². The molecule has 1 aromatic heterocycles. The fourth-order valence-electron chi connectivity index (χ4n) is 2.33. The average molecular weight is 239 g/mol. The lowest BCUT2D eigenvalue weighted by atomic mass is 10.0. The number of rotatable bonds is 4. The second-order valence-corrected chi connectivity index (χ2v) is 5.19. The van der Waals surface area contributed by atoms with Gasteiger partial charge in [0.2, 0.25) is 5.89 Å². The minimum Gasteiger partial charge on any atom is -0.395 e. The lowest BCUT2D eigenvalue weighted by Crippen LogP contribution is -2.34. The van der Waals surface area contributed by atoms with E-state index in [0.717, 1.165) is 18.8 Å². The normalized spacial score (nSPS) is 25.9. The summed E-state index contributed by atoms with van der Waals surface area (Å²) < 4.78 is 5.18. The average Bonchev–Trinajstić information content (AvgIpc) is 2.87. The number of likely N-dealkylation sites (tertiary alicyclic amines) is 1. The standard InChI is InChI=1S/C12H21N3O2/c1-8(2)12-13-11(14-17-12)6-15-5-4-9(3)10(15)7-16/h8-10,16H,4-7H2,1-3H3. The summed E-state index contributed by atoms with van der Waals surface area (Å²) in [5, 5.41) is 13.4. The van der Waals surface area contributed by atoms with Crippen LogP contribution in [0.2, 0.25) is 0 Å². The molecule has 0 radical (unpaired) electrons. The summed E-state index contributed by atoms with van der Waals surface area (Å²) in [4.78, 5) is 6.60. The molecule has 0 aromatic carbocycles. The number of aliphatic hydroxyl groups excluding tert-OH is 1. The molecule has 0 amide bonds. The Labute approximate surface area is 102 Å². The largest absolute Gasteiger partial charge is 0.395 e. The Morgan fingerprint density at radius 3 is 2.88 bits per heavy atom. The lowest BCUT2D eigenvalue weighted by Gasteiger charge is -2.23. The summed E-state index contributed by atoms with van der Waals surface area (Å²) in [6, 6.07) is 0.232. The summed E-state index contributed by atoms with van der Waals surface area (Å²) in [6.07, 6.45) is 1.13. The van der Waals surface area contributed by atoms with Crippen LogP contribution in [0.3, 0.4) is 0 Å². The van der Waals surface area contributed by atoms with Crippen LogP contribution in [0.5, 0.6) is 0 Å². The van der Waals surface area contributed by atoms with Crippen molar-refractivity contribution < 1.29 is 9.63 Å². The first-order chi connectivity index (χ1) is 8.11. The van der Waals surface area contributed by atoms with Crippen molar-refractivity contribution in [3.63, 3.8) is 0 Å². The maximum absolute atomic E-state index is 9.37. The van der Waals surface area contributed by atoms with Crippen LogP contribution in [0.4, 0.5) is 0 Å². The highest BCUT2D eigenvalue weighted by Crippen LogP contribution is 2.25. The summed E-state index contributed by atoms with van der Waals surface area (Å²) in [6.45, 7) is 8.12. The van der Waals surface area contributed by atoms with E-state index in [1.165, 1.54) is 0 Å². The molecule has 2 atom stereocenters. The Morgan fingerprint density at radius 2 is 2.29 bits per heavy atom. The Hall–Kier alpha value is -0.940. The minimum atomic E-state index is 0.204. The number of aliphatic hydroxyl groups is 1. The molecule has 5 nitrogen and oxygen atoms in total. The van der Waals surface area contributed by atoms with E-state index in [2.05, 4.69) is 22.0 Å². The fourth-order valence-corrected chi connectivity index (χ4v) is 2.33. The predicted octanol–water partition coefficient (Wildman–Crippen LogP) is 1.40. The minimum absolute atomic E-state index is 0.204. The third-order valence-corrected chi connectivity index (χ3v) is 3.51. The molecule has 1 saturated heterocycles. The molecule has 1 fully saturated rings. The van der Waals surface area contributed by atoms with E-state index >= 15 is 0 Å². The van der Waals surface area contributed by atoms with Gasteiger partial charge in [-0.3, -0.25) is 4.90 Å². The second kappa shape index (κ2) is 5.14. The van der Waals surface area contributed by atoms with Crippen molar-refractivity contribution >= 4 is 0 Å². The van der Waals surface area contributed by atoms with Gasteiger partial charge in [-0.2, -0.15) is 4.98 Å². The molecule has 0 saturated carbocycles. The zero-order valence-electron chi connectivity index (χ0n) is 10.8. The molecule has 2 rings (SSSR count). The maximum atomic E-state index is 9.37. The van der Waals surface area contributed by atoms with E-state index in [1.54, 1.807) is 0 Å². The van der Waals surface area contributed by atoms with Gasteiger partial charge in [0.1, 0.15) is 0 Å². The molecule has 2 heterocycles. The van der Waals surface area contributed by atoms with Crippen LogP contribution in [-0.4, -0.2) is 39.3 Å². The zero-order chi connectivity index (χ0) is 12.4. The zero-order valence-corrected chi connectivity index (χ0v) is 10.8. The van der Waals surface area contributed by atoms with Gasteiger partial charge in [-0.05, 0) is 18.9 Å². The number of nitrogens with zero attached hydrogens (tertiary/aromatic N) is 3. The highest BCUT2D eigenvalue weighted by molar-refractivity contribution is 4.93. The van der Waals surface area contributed by atoms with Gasteiger partial charge in [-0.1, -0.05) is 25.9 Å². The molecule has 5 heteroatoms. The Kier molecular flexibility index (Phi) is 3.79. The van der Waals surface area contributed by atoms with Crippen molar-refractivity contribution in [3.05, 3.63) is 11.7 Å². The Morgan fingerprint density at radius 1 is 1.53 bits per heavy atom. The summed E-state index contributed by atoms with van der Waals surface area (Å²) in [7, 11) is 0. The maximum Gasteiger partial charge on any atom is 0.229 e. The number of hydrogen-bond donors (Lipinski definition) is 1. The molecule has 1 aliphatic heterocycles.